The van der Waals surface area contributed by atoms with Crippen LogP contribution < -0.4 is 10.6 Å². The average Bonchev–Trinajstić information content (AvgIpc) is 3.17. The van der Waals surface area contributed by atoms with Crippen LogP contribution in [-0.2, 0) is 19.4 Å². The molecule has 1 aliphatic carbocycles. The first-order valence-electron chi connectivity index (χ1n) is 8.11. The Morgan fingerprint density at radius 1 is 1.38 bits per heavy atom. The normalized spacial score (nSPS) is 16.5. The molecule has 2 aromatic rings. The van der Waals surface area contributed by atoms with Gasteiger partial charge in [-0.15, -0.1) is 0 Å². The molecule has 1 unspecified atom stereocenters. The molecule has 3 rings (SSSR count). The van der Waals surface area contributed by atoms with Crippen molar-refractivity contribution in [2.75, 3.05) is 12.4 Å². The molecule has 0 saturated carbocycles. The Bertz CT molecular complexity index is 777. The van der Waals surface area contributed by atoms with E-state index in [1.54, 1.807) is 10.9 Å². The monoisotopic (exact) mass is 331 g/mol. The summed E-state index contributed by atoms with van der Waals surface area (Å²) < 4.78 is 6.91. The Hall–Kier alpha value is -2.64. The van der Waals surface area contributed by atoms with Gasteiger partial charge < -0.3 is 15.2 Å². The quantitative estimate of drug-likeness (QED) is 0.886. The van der Waals surface area contributed by atoms with E-state index in [9.17, 15) is 9.59 Å². The van der Waals surface area contributed by atoms with Gasteiger partial charge in [-0.05, 0) is 25.7 Å². The van der Waals surface area contributed by atoms with Crippen LogP contribution in [0.2, 0.25) is 0 Å². The number of amides is 2. The van der Waals surface area contributed by atoms with Crippen molar-refractivity contribution in [1.82, 2.24) is 20.3 Å². The largest absolute Gasteiger partial charge is 0.360 e. The van der Waals surface area contributed by atoms with Crippen LogP contribution in [-0.4, -0.2) is 33.8 Å². The summed E-state index contributed by atoms with van der Waals surface area (Å²) in [4.78, 5) is 24.5. The van der Waals surface area contributed by atoms with E-state index in [2.05, 4.69) is 27.8 Å². The van der Waals surface area contributed by atoms with Gasteiger partial charge in [-0.3, -0.25) is 14.3 Å². The topological polar surface area (TPSA) is 102 Å². The van der Waals surface area contributed by atoms with Crippen LogP contribution in [0.25, 0.3) is 0 Å². The first-order valence-corrected chi connectivity index (χ1v) is 8.11. The van der Waals surface area contributed by atoms with Crippen molar-refractivity contribution < 1.29 is 14.1 Å². The highest BCUT2D eigenvalue weighted by Crippen LogP contribution is 2.28. The molecule has 2 N–H and O–H groups in total. The maximum atomic E-state index is 12.6. The lowest BCUT2D eigenvalue weighted by molar-refractivity contribution is 0.0958. The van der Waals surface area contributed by atoms with Crippen molar-refractivity contribution in [2.24, 2.45) is 5.92 Å². The molecule has 8 nitrogen and oxygen atoms in total. The van der Waals surface area contributed by atoms with Crippen LogP contribution in [0.5, 0.6) is 0 Å². The molecule has 1 aliphatic rings. The van der Waals surface area contributed by atoms with Gasteiger partial charge in [0.25, 0.3) is 11.8 Å². The lowest BCUT2D eigenvalue weighted by Gasteiger charge is -2.16. The van der Waals surface area contributed by atoms with Crippen LogP contribution in [0.1, 0.15) is 52.6 Å². The van der Waals surface area contributed by atoms with E-state index in [-0.39, 0.29) is 17.5 Å². The fourth-order valence-electron chi connectivity index (χ4n) is 2.90. The number of hydrogen-bond donors (Lipinski definition) is 2. The van der Waals surface area contributed by atoms with Crippen molar-refractivity contribution in [2.45, 2.75) is 39.7 Å². The van der Waals surface area contributed by atoms with Crippen LogP contribution in [0.15, 0.2) is 10.7 Å². The van der Waals surface area contributed by atoms with Crippen molar-refractivity contribution in [3.63, 3.8) is 0 Å². The summed E-state index contributed by atoms with van der Waals surface area (Å²) in [5.41, 5.74) is 1.71. The predicted octanol–water partition coefficient (Wildman–Crippen LogP) is 1.63. The fourth-order valence-corrected chi connectivity index (χ4v) is 2.90. The summed E-state index contributed by atoms with van der Waals surface area (Å²) in [6.07, 6.45) is 4.25. The fraction of sp³-hybridized carbons (Fsp3) is 0.500. The second-order valence-electron chi connectivity index (χ2n) is 6.06. The van der Waals surface area contributed by atoms with E-state index >= 15 is 0 Å². The Kier molecular flexibility index (Phi) is 4.37. The SMILES string of the molecule is CCn1cc(NC(=O)c2noc3c2CC(C)CC3)c(C(=O)NC)n1. The molecule has 2 amide bonds. The summed E-state index contributed by atoms with van der Waals surface area (Å²) in [7, 11) is 1.52. The minimum absolute atomic E-state index is 0.179. The van der Waals surface area contributed by atoms with Gasteiger partial charge in [-0.25, -0.2) is 0 Å². The van der Waals surface area contributed by atoms with E-state index in [0.717, 1.165) is 30.6 Å². The van der Waals surface area contributed by atoms with Gasteiger partial charge in [-0.1, -0.05) is 12.1 Å². The Labute approximate surface area is 139 Å². The minimum atomic E-state index is -0.380. The first-order chi connectivity index (χ1) is 11.5. The highest BCUT2D eigenvalue weighted by Gasteiger charge is 2.28. The van der Waals surface area contributed by atoms with Gasteiger partial charge in [0, 0.05) is 31.8 Å². The molecule has 2 heterocycles. The molecule has 2 aromatic heterocycles. The van der Waals surface area contributed by atoms with Crippen molar-refractivity contribution in [1.29, 1.82) is 0 Å². The third-order valence-corrected chi connectivity index (χ3v) is 4.28. The molecular formula is C16H21N5O3. The zero-order valence-electron chi connectivity index (χ0n) is 14.0. The maximum absolute atomic E-state index is 12.6. The molecule has 0 aromatic carbocycles. The van der Waals surface area contributed by atoms with Gasteiger partial charge >= 0.3 is 0 Å². The Balaban J connectivity index is 1.87. The molecule has 24 heavy (non-hydrogen) atoms. The number of aryl methyl sites for hydroxylation is 2. The molecule has 128 valence electrons. The second-order valence-corrected chi connectivity index (χ2v) is 6.06. The molecule has 1 atom stereocenters. The molecule has 0 bridgehead atoms. The van der Waals surface area contributed by atoms with Crippen LogP contribution in [0.4, 0.5) is 5.69 Å². The third kappa shape index (κ3) is 2.91. The van der Waals surface area contributed by atoms with Gasteiger partial charge in [0.15, 0.2) is 11.4 Å². The Morgan fingerprint density at radius 2 is 2.17 bits per heavy atom. The smallest absolute Gasteiger partial charge is 0.278 e. The zero-order valence-corrected chi connectivity index (χ0v) is 14.0. The third-order valence-electron chi connectivity index (χ3n) is 4.28. The number of nitrogens with one attached hydrogen (secondary N) is 2. The number of nitrogens with zero attached hydrogens (tertiary/aromatic N) is 3. The van der Waals surface area contributed by atoms with Gasteiger partial charge in [0.05, 0.1) is 5.69 Å². The lowest BCUT2D eigenvalue weighted by atomic mass is 9.88. The van der Waals surface area contributed by atoms with Crippen molar-refractivity contribution in [3.05, 3.63) is 28.9 Å². The van der Waals surface area contributed by atoms with E-state index in [1.165, 1.54) is 7.05 Å². The summed E-state index contributed by atoms with van der Waals surface area (Å²) in [6, 6.07) is 0. The molecule has 8 heteroatoms. The summed E-state index contributed by atoms with van der Waals surface area (Å²) in [6.45, 7) is 4.64. The Morgan fingerprint density at radius 3 is 2.88 bits per heavy atom. The molecule has 0 saturated heterocycles. The standard InChI is InChI=1S/C16H21N5O3/c1-4-21-8-11(14(19-21)15(22)17-3)18-16(23)13-10-7-9(2)5-6-12(10)24-20-13/h8-9H,4-7H2,1-3H3,(H,17,22)(H,18,23). The molecule has 0 aliphatic heterocycles. The van der Waals surface area contributed by atoms with Gasteiger partial charge in [-0.2, -0.15) is 5.10 Å². The number of aromatic nitrogens is 3. The van der Waals surface area contributed by atoms with E-state index < -0.39 is 0 Å². The van der Waals surface area contributed by atoms with E-state index in [0.29, 0.717) is 23.8 Å². The summed E-state index contributed by atoms with van der Waals surface area (Å²) in [5, 5.41) is 13.4. The lowest BCUT2D eigenvalue weighted by Crippen LogP contribution is -2.22. The average molecular weight is 331 g/mol. The van der Waals surface area contributed by atoms with Gasteiger partial charge in [0.1, 0.15) is 5.76 Å². The summed E-state index contributed by atoms with van der Waals surface area (Å²) >= 11 is 0. The van der Waals surface area contributed by atoms with Crippen LogP contribution in [0, 0.1) is 5.92 Å². The number of anilines is 1. The highest BCUT2D eigenvalue weighted by molar-refractivity contribution is 6.08. The zero-order chi connectivity index (χ0) is 17.3. The molecule has 0 fully saturated rings. The van der Waals surface area contributed by atoms with E-state index in [4.69, 9.17) is 4.52 Å². The van der Waals surface area contributed by atoms with E-state index in [1.807, 2.05) is 6.92 Å². The maximum Gasteiger partial charge on any atom is 0.278 e. The number of fused-ring (bicyclic) bond motifs is 1. The van der Waals surface area contributed by atoms with Crippen LogP contribution >= 0.6 is 0 Å². The van der Waals surface area contributed by atoms with Crippen LogP contribution in [0.3, 0.4) is 0 Å². The number of hydrogen-bond acceptors (Lipinski definition) is 5. The molecular weight excluding hydrogens is 310 g/mol. The van der Waals surface area contributed by atoms with Crippen molar-refractivity contribution in [3.8, 4) is 0 Å². The number of rotatable bonds is 4. The van der Waals surface area contributed by atoms with Crippen molar-refractivity contribution >= 4 is 17.5 Å². The molecule has 0 radical (unpaired) electrons. The molecule has 0 spiro atoms. The minimum Gasteiger partial charge on any atom is -0.360 e. The predicted molar refractivity (Wildman–Crippen MR) is 86.9 cm³/mol. The highest BCUT2D eigenvalue weighted by atomic mass is 16.5. The number of carbonyl (C=O) groups is 2. The number of carbonyl (C=O) groups excluding carboxylic acids is 2. The van der Waals surface area contributed by atoms with Gasteiger partial charge in [0.2, 0.25) is 0 Å². The second kappa shape index (κ2) is 6.46. The first kappa shape index (κ1) is 16.2. The summed E-state index contributed by atoms with van der Waals surface area (Å²) in [5.74, 6) is 0.546.